The molecule has 1 amide bonds. The van der Waals surface area contributed by atoms with Crippen molar-refractivity contribution in [3.05, 3.63) is 57.4 Å². The first-order valence-electron chi connectivity index (χ1n) is 5.39. The molecule has 0 aliphatic heterocycles. The molecule has 3 nitrogen and oxygen atoms in total. The lowest BCUT2D eigenvalue weighted by Gasteiger charge is -2.03. The van der Waals surface area contributed by atoms with Crippen LogP contribution >= 0.6 is 27.5 Å². The number of rotatable bonds is 4. The number of hydrogen-bond acceptors (Lipinski definition) is 2. The van der Waals surface area contributed by atoms with Crippen LogP contribution in [0.25, 0.3) is 0 Å². The van der Waals surface area contributed by atoms with E-state index in [0.29, 0.717) is 23.9 Å². The van der Waals surface area contributed by atoms with Crippen LogP contribution in [0.1, 0.15) is 11.3 Å². The molecule has 5 heteroatoms. The highest BCUT2D eigenvalue weighted by Crippen LogP contribution is 2.13. The summed E-state index contributed by atoms with van der Waals surface area (Å²) in [5.74, 6) is 0.592. The molecule has 0 atom stereocenters. The molecule has 1 aromatic heterocycles. The molecule has 0 aliphatic rings. The van der Waals surface area contributed by atoms with Gasteiger partial charge in [-0.3, -0.25) is 4.79 Å². The van der Waals surface area contributed by atoms with Gasteiger partial charge in [0.15, 0.2) is 5.22 Å². The van der Waals surface area contributed by atoms with Crippen molar-refractivity contribution in [2.24, 2.45) is 0 Å². The number of carbonyl (C=O) groups is 1. The quantitative estimate of drug-likeness (QED) is 0.932. The fraction of sp³-hybridized carbons (Fsp3) is 0.154. The maximum atomic E-state index is 11.7. The smallest absolute Gasteiger partial charge is 0.224 e. The highest BCUT2D eigenvalue weighted by Gasteiger charge is 2.05. The zero-order chi connectivity index (χ0) is 13.0. The average molecular weight is 329 g/mol. The van der Waals surface area contributed by atoms with E-state index in [9.17, 15) is 4.79 Å². The van der Waals surface area contributed by atoms with Gasteiger partial charge in [0.1, 0.15) is 5.76 Å². The normalized spacial score (nSPS) is 10.3. The minimum atomic E-state index is -0.0511. The summed E-state index contributed by atoms with van der Waals surface area (Å²) in [4.78, 5) is 11.7. The van der Waals surface area contributed by atoms with Crippen LogP contribution in [-0.4, -0.2) is 5.91 Å². The summed E-state index contributed by atoms with van der Waals surface area (Å²) < 4.78 is 6.14. The van der Waals surface area contributed by atoms with Crippen molar-refractivity contribution in [2.75, 3.05) is 0 Å². The van der Waals surface area contributed by atoms with E-state index in [1.165, 1.54) is 0 Å². The second-order valence-corrected chi connectivity index (χ2v) is 5.07. The standard InChI is InChI=1S/C13H11BrClNO2/c14-10-3-1-9(2-4-10)7-13(17)16-8-11-5-6-12(15)18-11/h1-6H,7-8H2,(H,16,17). The van der Waals surface area contributed by atoms with Crippen LogP contribution in [-0.2, 0) is 17.8 Å². The first-order valence-corrected chi connectivity index (χ1v) is 6.56. The van der Waals surface area contributed by atoms with Gasteiger partial charge in [0, 0.05) is 4.47 Å². The number of nitrogens with one attached hydrogen (secondary N) is 1. The molecule has 0 unspecified atom stereocenters. The molecular weight excluding hydrogens is 318 g/mol. The lowest BCUT2D eigenvalue weighted by molar-refractivity contribution is -0.120. The molecule has 1 heterocycles. The Hall–Kier alpha value is -1.26. The lowest BCUT2D eigenvalue weighted by Crippen LogP contribution is -2.24. The number of carbonyl (C=O) groups excluding carboxylic acids is 1. The molecule has 0 fully saturated rings. The minimum Gasteiger partial charge on any atom is -0.448 e. The van der Waals surface area contributed by atoms with Gasteiger partial charge in [0.25, 0.3) is 0 Å². The summed E-state index contributed by atoms with van der Waals surface area (Å²) in [6.07, 6.45) is 0.349. The monoisotopic (exact) mass is 327 g/mol. The topological polar surface area (TPSA) is 42.2 Å². The molecule has 0 radical (unpaired) electrons. The van der Waals surface area contributed by atoms with Crippen LogP contribution in [0.2, 0.25) is 5.22 Å². The van der Waals surface area contributed by atoms with Crippen molar-refractivity contribution in [3.8, 4) is 0 Å². The van der Waals surface area contributed by atoms with Crippen molar-refractivity contribution in [1.29, 1.82) is 0 Å². The Balaban J connectivity index is 1.83. The van der Waals surface area contributed by atoms with E-state index < -0.39 is 0 Å². The van der Waals surface area contributed by atoms with Crippen molar-refractivity contribution >= 4 is 33.4 Å². The van der Waals surface area contributed by atoms with Gasteiger partial charge in [-0.2, -0.15) is 0 Å². The summed E-state index contributed by atoms with van der Waals surface area (Å²) >= 11 is 8.99. The zero-order valence-corrected chi connectivity index (χ0v) is 11.8. The molecule has 0 bridgehead atoms. The maximum Gasteiger partial charge on any atom is 0.224 e. The molecule has 0 spiro atoms. The van der Waals surface area contributed by atoms with Crippen molar-refractivity contribution in [2.45, 2.75) is 13.0 Å². The van der Waals surface area contributed by atoms with Gasteiger partial charge in [0.05, 0.1) is 13.0 Å². The van der Waals surface area contributed by atoms with Gasteiger partial charge >= 0.3 is 0 Å². The van der Waals surface area contributed by atoms with Gasteiger partial charge in [-0.25, -0.2) is 0 Å². The van der Waals surface area contributed by atoms with Crippen molar-refractivity contribution in [3.63, 3.8) is 0 Å². The second kappa shape index (κ2) is 6.07. The van der Waals surface area contributed by atoms with Gasteiger partial charge in [-0.1, -0.05) is 28.1 Å². The van der Waals surface area contributed by atoms with Crippen LogP contribution < -0.4 is 5.32 Å². The summed E-state index contributed by atoms with van der Waals surface area (Å²) in [6, 6.07) is 11.0. The molecule has 94 valence electrons. The molecule has 0 saturated carbocycles. The summed E-state index contributed by atoms with van der Waals surface area (Å²) in [7, 11) is 0. The molecular formula is C13H11BrClNO2. The third kappa shape index (κ3) is 3.89. The number of halogens is 2. The molecule has 2 rings (SSSR count). The minimum absolute atomic E-state index is 0.0511. The zero-order valence-electron chi connectivity index (χ0n) is 9.45. The largest absolute Gasteiger partial charge is 0.448 e. The maximum absolute atomic E-state index is 11.7. The molecule has 1 aromatic carbocycles. The summed E-state index contributed by atoms with van der Waals surface area (Å²) in [5, 5.41) is 3.10. The van der Waals surface area contributed by atoms with Crippen LogP contribution in [0, 0.1) is 0 Å². The first kappa shape index (κ1) is 13.2. The highest BCUT2D eigenvalue weighted by atomic mass is 79.9. The van der Waals surface area contributed by atoms with Crippen LogP contribution in [0.15, 0.2) is 45.3 Å². The van der Waals surface area contributed by atoms with E-state index >= 15 is 0 Å². The van der Waals surface area contributed by atoms with E-state index in [1.54, 1.807) is 12.1 Å². The number of hydrogen-bond donors (Lipinski definition) is 1. The lowest BCUT2D eigenvalue weighted by atomic mass is 10.1. The SMILES string of the molecule is O=C(Cc1ccc(Br)cc1)NCc1ccc(Cl)o1. The predicted octanol–water partition coefficient (Wildman–Crippen LogP) is 3.55. The van der Waals surface area contributed by atoms with E-state index in [4.69, 9.17) is 16.0 Å². The predicted molar refractivity (Wildman–Crippen MR) is 73.4 cm³/mol. The van der Waals surface area contributed by atoms with Gasteiger partial charge in [0.2, 0.25) is 5.91 Å². The third-order valence-electron chi connectivity index (χ3n) is 2.37. The first-order chi connectivity index (χ1) is 8.63. The molecule has 18 heavy (non-hydrogen) atoms. The second-order valence-electron chi connectivity index (χ2n) is 3.79. The Labute approximate surface area is 118 Å². The van der Waals surface area contributed by atoms with E-state index in [2.05, 4.69) is 21.2 Å². The Kier molecular flexibility index (Phi) is 4.44. The summed E-state index contributed by atoms with van der Waals surface area (Å²) in [6.45, 7) is 0.349. The van der Waals surface area contributed by atoms with Gasteiger partial charge < -0.3 is 9.73 Å². The molecule has 1 N–H and O–H groups in total. The fourth-order valence-corrected chi connectivity index (χ4v) is 1.91. The molecule has 2 aromatic rings. The number of furan rings is 1. The molecule has 0 saturated heterocycles. The van der Waals surface area contributed by atoms with Crippen molar-refractivity contribution < 1.29 is 9.21 Å². The van der Waals surface area contributed by atoms with Gasteiger partial charge in [-0.15, -0.1) is 0 Å². The Morgan fingerprint density at radius 3 is 2.56 bits per heavy atom. The summed E-state index contributed by atoms with van der Waals surface area (Å²) in [5.41, 5.74) is 0.966. The number of benzene rings is 1. The van der Waals surface area contributed by atoms with Crippen LogP contribution in [0.3, 0.4) is 0 Å². The number of amides is 1. The Bertz CT molecular complexity index is 536. The Morgan fingerprint density at radius 2 is 1.94 bits per heavy atom. The van der Waals surface area contributed by atoms with E-state index in [1.807, 2.05) is 24.3 Å². The highest BCUT2D eigenvalue weighted by molar-refractivity contribution is 9.10. The van der Waals surface area contributed by atoms with E-state index in [0.717, 1.165) is 10.0 Å². The van der Waals surface area contributed by atoms with Crippen LogP contribution in [0.5, 0.6) is 0 Å². The van der Waals surface area contributed by atoms with E-state index in [-0.39, 0.29) is 5.91 Å². The third-order valence-corrected chi connectivity index (χ3v) is 3.10. The average Bonchev–Trinajstić information content (AvgIpc) is 2.76. The molecule has 0 aliphatic carbocycles. The van der Waals surface area contributed by atoms with Crippen molar-refractivity contribution in [1.82, 2.24) is 5.32 Å². The van der Waals surface area contributed by atoms with Crippen LogP contribution in [0.4, 0.5) is 0 Å². The Morgan fingerprint density at radius 1 is 1.22 bits per heavy atom. The van der Waals surface area contributed by atoms with Gasteiger partial charge in [-0.05, 0) is 41.4 Å². The fourth-order valence-electron chi connectivity index (χ4n) is 1.48.